The van der Waals surface area contributed by atoms with Crippen LogP contribution in [-0.4, -0.2) is 29.3 Å². The number of aromatic nitrogens is 1. The number of hydrogen-bond acceptors (Lipinski definition) is 5. The maximum atomic E-state index is 12.0. The Bertz CT molecular complexity index is 996. The SMILES string of the molecule is CCn1c(O)c(N=NC(=O)COc2ccc(Cl)cc2)c2cc(OC)ccc21. The minimum atomic E-state index is -0.579. The van der Waals surface area contributed by atoms with E-state index in [-0.39, 0.29) is 18.2 Å². The number of halogens is 1. The largest absolute Gasteiger partial charge is 0.497 e. The average Bonchev–Trinajstić information content (AvgIpc) is 2.95. The summed E-state index contributed by atoms with van der Waals surface area (Å²) in [6.45, 7) is 2.16. The lowest BCUT2D eigenvalue weighted by molar-refractivity contribution is -0.120. The van der Waals surface area contributed by atoms with Gasteiger partial charge >= 0.3 is 5.91 Å². The molecule has 0 aliphatic carbocycles. The molecular weight excluding hydrogens is 370 g/mol. The number of rotatable bonds is 6. The molecule has 0 fully saturated rings. The van der Waals surface area contributed by atoms with Crippen LogP contribution in [0.3, 0.4) is 0 Å². The van der Waals surface area contributed by atoms with Crippen molar-refractivity contribution in [3.05, 3.63) is 47.5 Å². The van der Waals surface area contributed by atoms with E-state index in [9.17, 15) is 9.90 Å². The van der Waals surface area contributed by atoms with Crippen molar-refractivity contribution < 1.29 is 19.4 Å². The van der Waals surface area contributed by atoms with Gasteiger partial charge in [-0.15, -0.1) is 10.2 Å². The summed E-state index contributed by atoms with van der Waals surface area (Å²) < 4.78 is 12.2. The van der Waals surface area contributed by atoms with Crippen molar-refractivity contribution in [3.63, 3.8) is 0 Å². The summed E-state index contributed by atoms with van der Waals surface area (Å²) in [4.78, 5) is 12.0. The number of carbonyl (C=O) groups is 1. The van der Waals surface area contributed by atoms with E-state index in [2.05, 4.69) is 10.2 Å². The van der Waals surface area contributed by atoms with E-state index in [1.807, 2.05) is 13.0 Å². The average molecular weight is 388 g/mol. The fraction of sp³-hybridized carbons (Fsp3) is 0.211. The van der Waals surface area contributed by atoms with Crippen molar-refractivity contribution in [2.24, 2.45) is 10.2 Å². The molecule has 1 heterocycles. The minimum Gasteiger partial charge on any atom is -0.497 e. The number of aryl methyl sites for hydroxylation is 1. The van der Waals surface area contributed by atoms with Crippen LogP contribution in [0, 0.1) is 0 Å². The zero-order chi connectivity index (χ0) is 19.4. The Hall–Kier alpha value is -3.06. The summed E-state index contributed by atoms with van der Waals surface area (Å²) in [7, 11) is 1.55. The third-order valence-corrected chi connectivity index (χ3v) is 4.22. The van der Waals surface area contributed by atoms with Crippen molar-refractivity contribution >= 4 is 34.1 Å². The number of azo groups is 1. The summed E-state index contributed by atoms with van der Waals surface area (Å²) in [6, 6.07) is 12.0. The maximum absolute atomic E-state index is 12.0. The molecule has 0 saturated heterocycles. The van der Waals surface area contributed by atoms with Gasteiger partial charge in [0.15, 0.2) is 12.3 Å². The van der Waals surface area contributed by atoms with Crippen LogP contribution in [0.1, 0.15) is 6.92 Å². The summed E-state index contributed by atoms with van der Waals surface area (Å²) >= 11 is 5.80. The van der Waals surface area contributed by atoms with Gasteiger partial charge in [0, 0.05) is 17.0 Å². The summed E-state index contributed by atoms with van der Waals surface area (Å²) in [5.74, 6) is 0.475. The molecule has 0 aliphatic heterocycles. The smallest absolute Gasteiger partial charge is 0.302 e. The predicted octanol–water partition coefficient (Wildman–Crippen LogP) is 4.72. The maximum Gasteiger partial charge on any atom is 0.302 e. The molecule has 7 nitrogen and oxygen atoms in total. The van der Waals surface area contributed by atoms with Crippen LogP contribution in [-0.2, 0) is 11.3 Å². The van der Waals surface area contributed by atoms with E-state index in [0.29, 0.717) is 28.5 Å². The first-order chi connectivity index (χ1) is 13.0. The molecule has 0 aliphatic rings. The lowest BCUT2D eigenvalue weighted by Gasteiger charge is -2.02. The molecule has 0 saturated carbocycles. The number of ether oxygens (including phenoxy) is 2. The number of methoxy groups -OCH3 is 1. The van der Waals surface area contributed by atoms with Gasteiger partial charge in [-0.3, -0.25) is 4.79 Å². The highest BCUT2D eigenvalue weighted by Gasteiger charge is 2.17. The van der Waals surface area contributed by atoms with Gasteiger partial charge in [0.05, 0.1) is 12.6 Å². The molecule has 2 aromatic carbocycles. The number of aromatic hydroxyl groups is 1. The molecule has 0 unspecified atom stereocenters. The van der Waals surface area contributed by atoms with E-state index in [4.69, 9.17) is 21.1 Å². The molecule has 0 atom stereocenters. The lowest BCUT2D eigenvalue weighted by atomic mass is 10.2. The second kappa shape index (κ2) is 8.09. The summed E-state index contributed by atoms with van der Waals surface area (Å²) in [6.07, 6.45) is 0. The van der Waals surface area contributed by atoms with Crippen LogP contribution < -0.4 is 9.47 Å². The van der Waals surface area contributed by atoms with Gasteiger partial charge in [0.25, 0.3) is 0 Å². The summed E-state index contributed by atoms with van der Waals surface area (Å²) in [5, 5.41) is 19.3. The van der Waals surface area contributed by atoms with Crippen molar-refractivity contribution in [2.75, 3.05) is 13.7 Å². The molecule has 3 aromatic rings. The predicted molar refractivity (Wildman–Crippen MR) is 102 cm³/mol. The minimum absolute atomic E-state index is 0.0593. The van der Waals surface area contributed by atoms with Crippen LogP contribution in [0.15, 0.2) is 52.7 Å². The standard InChI is InChI=1S/C19H18ClN3O4/c1-3-23-16-9-8-14(26-2)10-15(16)18(19(23)25)22-21-17(24)11-27-13-6-4-12(20)5-7-13/h4-10,25H,3,11H2,1-2H3. The first-order valence-corrected chi connectivity index (χ1v) is 8.63. The normalized spacial score (nSPS) is 11.2. The molecule has 27 heavy (non-hydrogen) atoms. The Labute approximate surface area is 160 Å². The third kappa shape index (κ3) is 4.03. The van der Waals surface area contributed by atoms with E-state index >= 15 is 0 Å². The number of carbonyl (C=O) groups excluding carboxylic acids is 1. The number of fused-ring (bicyclic) bond motifs is 1. The van der Waals surface area contributed by atoms with Gasteiger partial charge in [-0.2, -0.15) is 0 Å². The highest BCUT2D eigenvalue weighted by molar-refractivity contribution is 6.30. The lowest BCUT2D eigenvalue weighted by Crippen LogP contribution is -2.07. The third-order valence-electron chi connectivity index (χ3n) is 3.97. The monoisotopic (exact) mass is 387 g/mol. The molecule has 3 rings (SSSR count). The second-order valence-corrected chi connectivity index (χ2v) is 6.07. The number of amides is 1. The molecule has 0 radical (unpaired) electrons. The molecule has 8 heteroatoms. The van der Waals surface area contributed by atoms with E-state index in [1.165, 1.54) is 0 Å². The van der Waals surface area contributed by atoms with Gasteiger partial charge in [-0.25, -0.2) is 0 Å². The molecular formula is C19H18ClN3O4. The van der Waals surface area contributed by atoms with E-state index in [1.54, 1.807) is 48.1 Å². The fourth-order valence-electron chi connectivity index (χ4n) is 2.66. The van der Waals surface area contributed by atoms with E-state index in [0.717, 1.165) is 5.52 Å². The van der Waals surface area contributed by atoms with Crippen LogP contribution in [0.5, 0.6) is 17.4 Å². The van der Waals surface area contributed by atoms with Crippen LogP contribution in [0.2, 0.25) is 5.02 Å². The molecule has 1 N–H and O–H groups in total. The first kappa shape index (κ1) is 18.7. The molecule has 0 spiro atoms. The Balaban J connectivity index is 1.81. The van der Waals surface area contributed by atoms with Crippen molar-refractivity contribution in [2.45, 2.75) is 13.5 Å². The molecule has 140 valence electrons. The van der Waals surface area contributed by atoms with Gasteiger partial charge in [0.1, 0.15) is 11.5 Å². The van der Waals surface area contributed by atoms with Crippen LogP contribution in [0.25, 0.3) is 10.9 Å². The van der Waals surface area contributed by atoms with Crippen molar-refractivity contribution in [1.29, 1.82) is 0 Å². The van der Waals surface area contributed by atoms with Crippen molar-refractivity contribution in [1.82, 2.24) is 4.57 Å². The fourth-order valence-corrected chi connectivity index (χ4v) is 2.78. The van der Waals surface area contributed by atoms with Crippen LogP contribution in [0.4, 0.5) is 5.69 Å². The highest BCUT2D eigenvalue weighted by atomic mass is 35.5. The Morgan fingerprint density at radius 1 is 1.19 bits per heavy atom. The zero-order valence-electron chi connectivity index (χ0n) is 14.8. The van der Waals surface area contributed by atoms with E-state index < -0.39 is 5.91 Å². The van der Waals surface area contributed by atoms with Crippen LogP contribution >= 0.6 is 11.6 Å². The Morgan fingerprint density at radius 2 is 1.89 bits per heavy atom. The topological polar surface area (TPSA) is 85.4 Å². The van der Waals surface area contributed by atoms with Crippen molar-refractivity contribution in [3.8, 4) is 17.4 Å². The Kier molecular flexibility index (Phi) is 5.61. The second-order valence-electron chi connectivity index (χ2n) is 5.64. The number of nitrogens with zero attached hydrogens (tertiary/aromatic N) is 3. The highest BCUT2D eigenvalue weighted by Crippen LogP contribution is 2.40. The Morgan fingerprint density at radius 3 is 2.56 bits per heavy atom. The van der Waals surface area contributed by atoms with Gasteiger partial charge in [0.2, 0.25) is 5.88 Å². The quantitative estimate of drug-likeness (QED) is 0.620. The molecule has 1 aromatic heterocycles. The first-order valence-electron chi connectivity index (χ1n) is 8.25. The van der Waals surface area contributed by atoms with Gasteiger partial charge in [-0.1, -0.05) is 11.6 Å². The molecule has 1 amide bonds. The number of hydrogen-bond donors (Lipinski definition) is 1. The summed E-state index contributed by atoms with van der Waals surface area (Å²) in [5.41, 5.74) is 0.986. The number of benzene rings is 2. The van der Waals surface area contributed by atoms with Gasteiger partial charge in [-0.05, 0) is 49.4 Å². The molecule has 0 bridgehead atoms. The van der Waals surface area contributed by atoms with Gasteiger partial charge < -0.3 is 19.1 Å². The zero-order valence-corrected chi connectivity index (χ0v) is 15.6.